The molecule has 1 atom stereocenters. The summed E-state index contributed by atoms with van der Waals surface area (Å²) in [6.07, 6.45) is 4.07. The highest BCUT2D eigenvalue weighted by molar-refractivity contribution is 5.93. The molecule has 0 saturated carbocycles. The summed E-state index contributed by atoms with van der Waals surface area (Å²) in [5.74, 6) is 2.88. The third-order valence-corrected chi connectivity index (χ3v) is 5.43. The summed E-state index contributed by atoms with van der Waals surface area (Å²) in [7, 11) is 4.98. The fourth-order valence-electron chi connectivity index (χ4n) is 3.94. The quantitative estimate of drug-likeness (QED) is 0.651. The zero-order valence-corrected chi connectivity index (χ0v) is 16.5. The Balaban J connectivity index is 1.55. The summed E-state index contributed by atoms with van der Waals surface area (Å²) in [5.41, 5.74) is 3.26. The van der Waals surface area contributed by atoms with Crippen LogP contribution in [-0.4, -0.2) is 44.6 Å². The number of benzene rings is 2. The van der Waals surface area contributed by atoms with E-state index in [1.54, 1.807) is 21.3 Å². The number of hydrogen-bond donors (Lipinski definition) is 0. The fraction of sp³-hybridized carbons (Fsp3) is 0.364. The predicted molar refractivity (Wildman–Crippen MR) is 110 cm³/mol. The van der Waals surface area contributed by atoms with Gasteiger partial charge >= 0.3 is 0 Å². The zero-order chi connectivity index (χ0) is 19.5. The van der Waals surface area contributed by atoms with Gasteiger partial charge in [0.2, 0.25) is 0 Å². The molecular weight excluding hydrogens is 354 g/mol. The van der Waals surface area contributed by atoms with Crippen molar-refractivity contribution < 1.29 is 14.2 Å². The van der Waals surface area contributed by atoms with Crippen LogP contribution in [0.4, 0.5) is 5.69 Å². The van der Waals surface area contributed by atoms with Crippen LogP contribution < -0.4 is 19.1 Å². The molecule has 6 heteroatoms. The number of rotatable bonds is 6. The molecule has 2 heterocycles. The molecule has 1 unspecified atom stereocenters. The highest BCUT2D eigenvalue weighted by atomic mass is 16.5. The lowest BCUT2D eigenvalue weighted by Gasteiger charge is -2.20. The summed E-state index contributed by atoms with van der Waals surface area (Å²) in [4.78, 5) is 2.40. The first-order chi connectivity index (χ1) is 13.7. The first-order valence-electron chi connectivity index (χ1n) is 9.47. The van der Waals surface area contributed by atoms with Crippen LogP contribution in [0.15, 0.2) is 42.6 Å². The summed E-state index contributed by atoms with van der Waals surface area (Å²) < 4.78 is 16.1. The molecule has 3 aromatic rings. The predicted octanol–water partition coefficient (Wildman–Crippen LogP) is 3.72. The van der Waals surface area contributed by atoms with Crippen LogP contribution >= 0.6 is 0 Å². The molecule has 146 valence electrons. The number of aromatic nitrogens is 2. The van der Waals surface area contributed by atoms with Gasteiger partial charge in [-0.05, 0) is 42.5 Å². The van der Waals surface area contributed by atoms with E-state index in [4.69, 9.17) is 14.2 Å². The minimum atomic E-state index is 0.608. The van der Waals surface area contributed by atoms with Gasteiger partial charge in [-0.25, -0.2) is 0 Å². The summed E-state index contributed by atoms with van der Waals surface area (Å²) in [6.45, 7) is 2.01. The van der Waals surface area contributed by atoms with Gasteiger partial charge in [0.05, 0.1) is 38.7 Å². The second-order valence-electron chi connectivity index (χ2n) is 7.11. The van der Waals surface area contributed by atoms with E-state index in [2.05, 4.69) is 27.2 Å². The number of fused-ring (bicyclic) bond motifs is 1. The molecule has 0 N–H and O–H groups in total. The van der Waals surface area contributed by atoms with Crippen molar-refractivity contribution in [2.24, 2.45) is 5.92 Å². The number of nitrogens with zero attached hydrogens (tertiary/aromatic N) is 3. The first kappa shape index (κ1) is 18.3. The Morgan fingerprint density at radius 1 is 1.00 bits per heavy atom. The van der Waals surface area contributed by atoms with Gasteiger partial charge in [-0.1, -0.05) is 12.1 Å². The molecule has 0 amide bonds. The van der Waals surface area contributed by atoms with E-state index in [0.717, 1.165) is 48.3 Å². The third-order valence-electron chi connectivity index (χ3n) is 5.43. The summed E-state index contributed by atoms with van der Waals surface area (Å²) in [5, 5.41) is 9.53. The summed E-state index contributed by atoms with van der Waals surface area (Å²) >= 11 is 0. The lowest BCUT2D eigenvalue weighted by atomic mass is 9.99. The van der Waals surface area contributed by atoms with E-state index < -0.39 is 0 Å². The smallest absolute Gasteiger partial charge is 0.162 e. The van der Waals surface area contributed by atoms with E-state index in [9.17, 15) is 0 Å². The van der Waals surface area contributed by atoms with Crippen molar-refractivity contribution in [2.75, 3.05) is 39.3 Å². The molecule has 0 spiro atoms. The average molecular weight is 379 g/mol. The van der Waals surface area contributed by atoms with Crippen LogP contribution in [0.3, 0.4) is 0 Å². The first-order valence-corrected chi connectivity index (χ1v) is 9.47. The Morgan fingerprint density at radius 3 is 2.46 bits per heavy atom. The second kappa shape index (κ2) is 7.92. The van der Waals surface area contributed by atoms with Crippen LogP contribution in [-0.2, 0) is 6.42 Å². The van der Waals surface area contributed by atoms with Crippen molar-refractivity contribution in [1.29, 1.82) is 0 Å². The highest BCUT2D eigenvalue weighted by Crippen LogP contribution is 2.37. The largest absolute Gasteiger partial charge is 0.497 e. The van der Waals surface area contributed by atoms with E-state index in [1.165, 1.54) is 5.56 Å². The molecule has 1 aromatic heterocycles. The van der Waals surface area contributed by atoms with E-state index >= 15 is 0 Å². The molecule has 2 aromatic carbocycles. The van der Waals surface area contributed by atoms with Gasteiger partial charge in [0.15, 0.2) is 11.5 Å². The Labute approximate surface area is 165 Å². The molecule has 1 fully saturated rings. The van der Waals surface area contributed by atoms with E-state index in [-0.39, 0.29) is 0 Å². The SMILES string of the molecule is COc1ccc(CC2CCN(c3cnnc4cc(OC)c(OC)cc34)C2)cc1. The van der Waals surface area contributed by atoms with E-state index in [1.807, 2.05) is 30.5 Å². The Morgan fingerprint density at radius 2 is 1.75 bits per heavy atom. The molecule has 1 saturated heterocycles. The second-order valence-corrected chi connectivity index (χ2v) is 7.11. The van der Waals surface area contributed by atoms with Gasteiger partial charge in [-0.2, -0.15) is 10.2 Å². The maximum atomic E-state index is 5.48. The molecule has 0 aliphatic carbocycles. The lowest BCUT2D eigenvalue weighted by molar-refractivity contribution is 0.355. The Hall–Kier alpha value is -3.02. The lowest BCUT2D eigenvalue weighted by Crippen LogP contribution is -2.21. The van der Waals surface area contributed by atoms with Gasteiger partial charge in [0.25, 0.3) is 0 Å². The molecule has 1 aliphatic rings. The van der Waals surface area contributed by atoms with E-state index in [0.29, 0.717) is 17.4 Å². The fourth-order valence-corrected chi connectivity index (χ4v) is 3.94. The van der Waals surface area contributed by atoms with Gasteiger partial charge in [-0.3, -0.25) is 0 Å². The molecule has 0 radical (unpaired) electrons. The molecule has 1 aliphatic heterocycles. The molecule has 28 heavy (non-hydrogen) atoms. The summed E-state index contributed by atoms with van der Waals surface area (Å²) in [6, 6.07) is 12.2. The molecule has 4 rings (SSSR count). The maximum absolute atomic E-state index is 5.48. The van der Waals surface area contributed by atoms with Gasteiger partial charge < -0.3 is 19.1 Å². The van der Waals surface area contributed by atoms with Crippen molar-refractivity contribution in [2.45, 2.75) is 12.8 Å². The van der Waals surface area contributed by atoms with Crippen LogP contribution in [0.1, 0.15) is 12.0 Å². The molecule has 0 bridgehead atoms. The number of methoxy groups -OCH3 is 3. The van der Waals surface area contributed by atoms with Crippen molar-refractivity contribution in [3.05, 3.63) is 48.2 Å². The normalized spacial score (nSPS) is 16.4. The minimum Gasteiger partial charge on any atom is -0.497 e. The zero-order valence-electron chi connectivity index (χ0n) is 16.5. The number of hydrogen-bond acceptors (Lipinski definition) is 6. The third kappa shape index (κ3) is 3.54. The standard InChI is InChI=1S/C22H25N3O3/c1-26-17-6-4-15(5-7-17)10-16-8-9-25(14-16)20-13-23-24-19-12-22(28-3)21(27-2)11-18(19)20/h4-7,11-13,16H,8-10,14H2,1-3H3. The van der Waals surface area contributed by atoms with Crippen LogP contribution in [0, 0.1) is 5.92 Å². The van der Waals surface area contributed by atoms with Crippen LogP contribution in [0.25, 0.3) is 10.9 Å². The van der Waals surface area contributed by atoms with Crippen molar-refractivity contribution in [3.8, 4) is 17.2 Å². The van der Waals surface area contributed by atoms with Crippen molar-refractivity contribution in [3.63, 3.8) is 0 Å². The number of anilines is 1. The molecule has 6 nitrogen and oxygen atoms in total. The van der Waals surface area contributed by atoms with Crippen LogP contribution in [0.5, 0.6) is 17.2 Å². The maximum Gasteiger partial charge on any atom is 0.162 e. The average Bonchev–Trinajstić information content (AvgIpc) is 3.21. The minimum absolute atomic E-state index is 0.608. The number of ether oxygens (including phenoxy) is 3. The Bertz CT molecular complexity index is 959. The van der Waals surface area contributed by atoms with Gasteiger partial charge in [-0.15, -0.1) is 0 Å². The van der Waals surface area contributed by atoms with Crippen molar-refractivity contribution >= 4 is 16.6 Å². The topological polar surface area (TPSA) is 56.7 Å². The van der Waals surface area contributed by atoms with Gasteiger partial charge in [0, 0.05) is 24.5 Å². The van der Waals surface area contributed by atoms with Crippen molar-refractivity contribution in [1.82, 2.24) is 10.2 Å². The van der Waals surface area contributed by atoms with Crippen LogP contribution in [0.2, 0.25) is 0 Å². The van der Waals surface area contributed by atoms with Gasteiger partial charge in [0.1, 0.15) is 5.75 Å². The highest BCUT2D eigenvalue weighted by Gasteiger charge is 2.25. The Kier molecular flexibility index (Phi) is 5.19. The monoisotopic (exact) mass is 379 g/mol. The molecular formula is C22H25N3O3.